The molecule has 0 aliphatic rings. The molecule has 0 unspecified atom stereocenters. The Morgan fingerprint density at radius 1 is 1.36 bits per heavy atom. The normalized spacial score (nSPS) is 11.0. The number of amides is 1. The quantitative estimate of drug-likeness (QED) is 0.866. The summed E-state index contributed by atoms with van der Waals surface area (Å²) >= 11 is 0. The van der Waals surface area contributed by atoms with E-state index < -0.39 is 11.6 Å². The van der Waals surface area contributed by atoms with Crippen molar-refractivity contribution in [3.05, 3.63) is 52.4 Å². The van der Waals surface area contributed by atoms with Gasteiger partial charge in [0.2, 0.25) is 0 Å². The van der Waals surface area contributed by atoms with Crippen LogP contribution < -0.4 is 0 Å². The van der Waals surface area contributed by atoms with Crippen LogP contribution in [-0.4, -0.2) is 23.0 Å². The molecule has 0 radical (unpaired) electrons. The Kier molecular flexibility index (Phi) is 4.59. The molecule has 1 aromatic carbocycles. The van der Waals surface area contributed by atoms with Gasteiger partial charge in [-0.3, -0.25) is 4.79 Å². The van der Waals surface area contributed by atoms with Crippen LogP contribution in [0.2, 0.25) is 0 Å². The Bertz CT molecular complexity index is 695. The third kappa shape index (κ3) is 3.16. The lowest BCUT2D eigenvalue weighted by Crippen LogP contribution is -2.28. The molecule has 0 fully saturated rings. The van der Waals surface area contributed by atoms with Crippen LogP contribution in [0.15, 0.2) is 22.7 Å². The number of aromatic nitrogens is 1. The summed E-state index contributed by atoms with van der Waals surface area (Å²) < 4.78 is 31.8. The summed E-state index contributed by atoms with van der Waals surface area (Å²) in [5.41, 5.74) is 1.15. The van der Waals surface area contributed by atoms with Crippen molar-refractivity contribution < 1.29 is 18.1 Å². The highest BCUT2D eigenvalue weighted by atomic mass is 19.1. The summed E-state index contributed by atoms with van der Waals surface area (Å²) in [5, 5.41) is 3.83. The van der Waals surface area contributed by atoms with Gasteiger partial charge in [0.25, 0.3) is 5.91 Å². The van der Waals surface area contributed by atoms with Gasteiger partial charge in [-0.25, -0.2) is 8.78 Å². The first-order chi connectivity index (χ1) is 10.3. The second-order valence-corrected chi connectivity index (χ2v) is 5.56. The summed E-state index contributed by atoms with van der Waals surface area (Å²) in [6.07, 6.45) is 0. The Labute approximate surface area is 127 Å². The number of benzene rings is 1. The Balaban J connectivity index is 2.24. The largest absolute Gasteiger partial charge is 0.360 e. The van der Waals surface area contributed by atoms with Gasteiger partial charge in [0.15, 0.2) is 5.76 Å². The molecule has 6 heteroatoms. The van der Waals surface area contributed by atoms with E-state index in [0.717, 1.165) is 6.07 Å². The molecule has 118 valence electrons. The molecular formula is C16H18F2N2O2. The van der Waals surface area contributed by atoms with Crippen molar-refractivity contribution in [2.75, 3.05) is 7.05 Å². The van der Waals surface area contributed by atoms with E-state index in [9.17, 15) is 13.6 Å². The van der Waals surface area contributed by atoms with Gasteiger partial charge in [-0.05, 0) is 13.0 Å². The van der Waals surface area contributed by atoms with E-state index in [1.54, 1.807) is 14.0 Å². The number of aryl methyl sites for hydroxylation is 1. The van der Waals surface area contributed by atoms with E-state index in [1.165, 1.54) is 17.0 Å². The van der Waals surface area contributed by atoms with E-state index >= 15 is 0 Å². The number of carbonyl (C=O) groups is 1. The van der Waals surface area contributed by atoms with Crippen LogP contribution in [0.5, 0.6) is 0 Å². The van der Waals surface area contributed by atoms with E-state index in [-0.39, 0.29) is 23.9 Å². The highest BCUT2D eigenvalue weighted by Gasteiger charge is 2.25. The second-order valence-electron chi connectivity index (χ2n) is 5.56. The summed E-state index contributed by atoms with van der Waals surface area (Å²) in [6.45, 7) is 5.52. The molecule has 0 saturated carbocycles. The van der Waals surface area contributed by atoms with Crippen LogP contribution in [0.3, 0.4) is 0 Å². The maximum absolute atomic E-state index is 13.7. The zero-order valence-electron chi connectivity index (χ0n) is 13.0. The second kappa shape index (κ2) is 6.25. The van der Waals surface area contributed by atoms with Gasteiger partial charge < -0.3 is 9.42 Å². The van der Waals surface area contributed by atoms with Gasteiger partial charge in [-0.1, -0.05) is 25.1 Å². The molecular weight excluding hydrogens is 290 g/mol. The zero-order chi connectivity index (χ0) is 16.4. The first kappa shape index (κ1) is 16.1. The third-order valence-electron chi connectivity index (χ3n) is 3.40. The third-order valence-corrected chi connectivity index (χ3v) is 3.40. The highest BCUT2D eigenvalue weighted by Crippen LogP contribution is 2.24. The molecule has 0 aliphatic heterocycles. The van der Waals surface area contributed by atoms with E-state index in [2.05, 4.69) is 5.16 Å². The molecule has 0 N–H and O–H groups in total. The van der Waals surface area contributed by atoms with Crippen LogP contribution in [0.1, 0.15) is 47.1 Å². The van der Waals surface area contributed by atoms with E-state index in [4.69, 9.17) is 4.52 Å². The van der Waals surface area contributed by atoms with Crippen molar-refractivity contribution >= 4 is 5.91 Å². The van der Waals surface area contributed by atoms with Crippen LogP contribution in [0.25, 0.3) is 0 Å². The van der Waals surface area contributed by atoms with Crippen LogP contribution in [-0.2, 0) is 6.54 Å². The summed E-state index contributed by atoms with van der Waals surface area (Å²) in [7, 11) is 1.56. The average Bonchev–Trinajstić information content (AvgIpc) is 2.83. The molecule has 4 nitrogen and oxygen atoms in total. The van der Waals surface area contributed by atoms with E-state index in [1.807, 2.05) is 13.8 Å². The van der Waals surface area contributed by atoms with Crippen molar-refractivity contribution in [1.29, 1.82) is 0 Å². The standard InChI is InChI=1S/C16H18F2N2O2/c1-9(2)15-14(10(3)19-22-15)16(21)20(4)8-11-5-6-12(17)7-13(11)18/h5-7,9H,8H2,1-4H3. The SMILES string of the molecule is Cc1noc(C(C)C)c1C(=O)N(C)Cc1ccc(F)cc1F. The maximum atomic E-state index is 13.7. The monoisotopic (exact) mass is 308 g/mol. The Morgan fingerprint density at radius 2 is 2.05 bits per heavy atom. The van der Waals surface area contributed by atoms with Crippen LogP contribution in [0, 0.1) is 18.6 Å². The average molecular weight is 308 g/mol. The van der Waals surface area contributed by atoms with E-state index in [0.29, 0.717) is 17.0 Å². The molecule has 22 heavy (non-hydrogen) atoms. The van der Waals surface area contributed by atoms with Crippen molar-refractivity contribution in [1.82, 2.24) is 10.1 Å². The molecule has 2 aromatic rings. The van der Waals surface area contributed by atoms with Gasteiger partial charge in [-0.2, -0.15) is 0 Å². The topological polar surface area (TPSA) is 46.3 Å². The summed E-state index contributed by atoms with van der Waals surface area (Å²) in [5.74, 6) is -1.10. The predicted molar refractivity (Wildman–Crippen MR) is 77.5 cm³/mol. The van der Waals surface area contributed by atoms with Crippen LogP contribution in [0.4, 0.5) is 8.78 Å². The number of halogens is 2. The Hall–Kier alpha value is -2.24. The number of hydrogen-bond donors (Lipinski definition) is 0. The fourth-order valence-electron chi connectivity index (χ4n) is 2.21. The summed E-state index contributed by atoms with van der Waals surface area (Å²) in [6, 6.07) is 3.30. The predicted octanol–water partition coefficient (Wildman–Crippen LogP) is 3.66. The van der Waals surface area contributed by atoms with Crippen LogP contribution >= 0.6 is 0 Å². The molecule has 0 aliphatic carbocycles. The summed E-state index contributed by atoms with van der Waals surface area (Å²) in [4.78, 5) is 13.9. The van der Waals surface area contributed by atoms with Gasteiger partial charge in [0, 0.05) is 31.1 Å². The minimum atomic E-state index is -0.675. The fraction of sp³-hybridized carbons (Fsp3) is 0.375. The molecule has 0 saturated heterocycles. The van der Waals surface area contributed by atoms with Gasteiger partial charge in [-0.15, -0.1) is 0 Å². The number of hydrogen-bond acceptors (Lipinski definition) is 3. The van der Waals surface area contributed by atoms with Crippen molar-refractivity contribution in [2.45, 2.75) is 33.2 Å². The Morgan fingerprint density at radius 3 is 2.64 bits per heavy atom. The molecule has 1 heterocycles. The fourth-order valence-corrected chi connectivity index (χ4v) is 2.21. The lowest BCUT2D eigenvalue weighted by Gasteiger charge is -2.18. The van der Waals surface area contributed by atoms with Gasteiger partial charge in [0.05, 0.1) is 5.69 Å². The lowest BCUT2D eigenvalue weighted by atomic mass is 10.0. The highest BCUT2D eigenvalue weighted by molar-refractivity contribution is 5.96. The number of nitrogens with zero attached hydrogens (tertiary/aromatic N) is 2. The first-order valence-corrected chi connectivity index (χ1v) is 6.96. The number of rotatable bonds is 4. The zero-order valence-corrected chi connectivity index (χ0v) is 13.0. The van der Waals surface area contributed by atoms with Gasteiger partial charge >= 0.3 is 0 Å². The van der Waals surface area contributed by atoms with Crippen molar-refractivity contribution in [2.24, 2.45) is 0 Å². The van der Waals surface area contributed by atoms with Crippen molar-refractivity contribution in [3.63, 3.8) is 0 Å². The molecule has 1 amide bonds. The molecule has 2 rings (SSSR count). The smallest absolute Gasteiger partial charge is 0.259 e. The first-order valence-electron chi connectivity index (χ1n) is 6.96. The van der Waals surface area contributed by atoms with Crippen molar-refractivity contribution in [3.8, 4) is 0 Å². The minimum absolute atomic E-state index is 0.0103. The molecule has 0 atom stereocenters. The molecule has 0 bridgehead atoms. The minimum Gasteiger partial charge on any atom is -0.360 e. The molecule has 0 spiro atoms. The van der Waals surface area contributed by atoms with Gasteiger partial charge in [0.1, 0.15) is 17.2 Å². The lowest BCUT2D eigenvalue weighted by molar-refractivity contribution is 0.0780. The maximum Gasteiger partial charge on any atom is 0.259 e. The number of carbonyl (C=O) groups excluding carboxylic acids is 1. The molecule has 1 aromatic heterocycles.